The quantitative estimate of drug-likeness (QED) is 0.318. The zero-order chi connectivity index (χ0) is 27.0. The predicted octanol–water partition coefficient (Wildman–Crippen LogP) is 8.54. The van der Waals surface area contributed by atoms with Crippen molar-refractivity contribution in [2.45, 2.75) is 113 Å². The number of aliphatic hydroxyl groups is 1. The minimum atomic E-state index is -0.177. The van der Waals surface area contributed by atoms with Gasteiger partial charge in [-0.2, -0.15) is 0 Å². The van der Waals surface area contributed by atoms with Crippen LogP contribution in [0.3, 0.4) is 0 Å². The Kier molecular flexibility index (Phi) is 12.0. The Labute approximate surface area is 217 Å². The van der Waals surface area contributed by atoms with E-state index >= 15 is 0 Å². The molecule has 3 aliphatic rings. The lowest BCUT2D eigenvalue weighted by Gasteiger charge is -2.67. The molecule has 0 spiro atoms. The second kappa shape index (κ2) is 13.3. The summed E-state index contributed by atoms with van der Waals surface area (Å²) in [6.07, 6.45) is 15.0. The number of rotatable bonds is 4. The highest BCUT2D eigenvalue weighted by atomic mass is 16.5. The monoisotopic (exact) mass is 488 g/mol. The van der Waals surface area contributed by atoms with Gasteiger partial charge < -0.3 is 9.84 Å². The molecule has 5 unspecified atom stereocenters. The van der Waals surface area contributed by atoms with Crippen LogP contribution >= 0.6 is 0 Å². The van der Waals surface area contributed by atoms with E-state index in [1.807, 2.05) is 32.1 Å². The van der Waals surface area contributed by atoms with Crippen LogP contribution in [-0.2, 0) is 9.53 Å². The summed E-state index contributed by atoms with van der Waals surface area (Å²) in [5.41, 5.74) is 1.80. The highest BCUT2D eigenvalue weighted by molar-refractivity contribution is 5.69. The Hall–Kier alpha value is -1.35. The van der Waals surface area contributed by atoms with Gasteiger partial charge in [0.1, 0.15) is 0 Å². The van der Waals surface area contributed by atoms with Crippen molar-refractivity contribution in [3.05, 3.63) is 36.5 Å². The molecule has 3 fully saturated rings. The summed E-state index contributed by atoms with van der Waals surface area (Å²) in [5, 5.41) is 10.6. The molecule has 3 rings (SSSR count). The van der Waals surface area contributed by atoms with Gasteiger partial charge in [-0.15, -0.1) is 0 Å². The third kappa shape index (κ3) is 6.90. The smallest absolute Gasteiger partial charge is 0.305 e. The average molecular weight is 489 g/mol. The molecule has 1 N–H and O–H groups in total. The maximum absolute atomic E-state index is 12.1. The molecule has 0 amide bonds. The minimum absolute atomic E-state index is 0.00472. The molecule has 0 aromatic heterocycles. The molecule has 7 atom stereocenters. The molecule has 0 saturated heterocycles. The second-order valence-corrected chi connectivity index (χ2v) is 12.3. The lowest BCUT2D eigenvalue weighted by Crippen LogP contribution is -2.61. The van der Waals surface area contributed by atoms with Gasteiger partial charge in [0.05, 0.1) is 13.2 Å². The van der Waals surface area contributed by atoms with Crippen molar-refractivity contribution in [1.82, 2.24) is 0 Å². The van der Waals surface area contributed by atoms with Gasteiger partial charge in [0, 0.05) is 6.42 Å². The number of carbonyl (C=O) groups excluding carboxylic acids is 1. The largest absolute Gasteiger partial charge is 0.469 e. The number of esters is 1. The maximum Gasteiger partial charge on any atom is 0.305 e. The van der Waals surface area contributed by atoms with Gasteiger partial charge in [-0.05, 0) is 85.9 Å². The van der Waals surface area contributed by atoms with Crippen LogP contribution in [-0.4, -0.2) is 24.3 Å². The average Bonchev–Trinajstić information content (AvgIpc) is 2.80. The van der Waals surface area contributed by atoms with E-state index in [2.05, 4.69) is 55.0 Å². The highest BCUT2D eigenvalue weighted by Crippen LogP contribution is 2.69. The summed E-state index contributed by atoms with van der Waals surface area (Å²) in [7, 11) is 1.51. The first kappa shape index (κ1) is 31.7. The van der Waals surface area contributed by atoms with E-state index in [0.29, 0.717) is 30.1 Å². The zero-order valence-corrected chi connectivity index (χ0v) is 24.6. The first-order chi connectivity index (χ1) is 16.3. The van der Waals surface area contributed by atoms with E-state index < -0.39 is 0 Å². The Morgan fingerprint density at radius 2 is 1.57 bits per heavy atom. The van der Waals surface area contributed by atoms with E-state index in [9.17, 15) is 9.90 Å². The SMILES string of the molecule is C=C/C=C/C=C(C)C.CC.COC(=O)CC1C(C)CCC2[C@@]1(C)CCC1C(C)(C)C(O)CC[C@@]12C. The normalized spacial score (nSPS) is 37.3. The van der Waals surface area contributed by atoms with Crippen LogP contribution in [0.25, 0.3) is 0 Å². The third-order valence-electron chi connectivity index (χ3n) is 9.81. The molecule has 0 bridgehead atoms. The van der Waals surface area contributed by atoms with Gasteiger partial charge in [0.25, 0.3) is 0 Å². The molecule has 0 aromatic carbocycles. The standard InChI is InChI=1S/C22H38O3.C8H12.C2H6/c1-14-7-8-17-21(4,15(14)13-19(24)25-6)11-9-16-20(2,3)18(23)10-12-22(16,17)5;1-4-5-6-7-8(2)3;1-2/h14-18,23H,7-13H2,1-6H3;4-7H,1H2,2-3H3;1-2H3/b;6-5+;/t14?,15?,16?,17?,18?,21-,22-;;/m0../s1. The van der Waals surface area contributed by atoms with Crippen molar-refractivity contribution in [3.8, 4) is 0 Å². The van der Waals surface area contributed by atoms with Crippen molar-refractivity contribution < 1.29 is 14.6 Å². The molecule has 3 saturated carbocycles. The van der Waals surface area contributed by atoms with Crippen LogP contribution in [0.1, 0.15) is 107 Å². The number of aliphatic hydroxyl groups excluding tert-OH is 1. The topological polar surface area (TPSA) is 46.5 Å². The molecule has 3 nitrogen and oxygen atoms in total. The fraction of sp³-hybridized carbons (Fsp3) is 0.781. The summed E-state index contributed by atoms with van der Waals surface area (Å²) in [6.45, 7) is 23.5. The molecule has 0 radical (unpaired) electrons. The van der Waals surface area contributed by atoms with E-state index in [0.717, 1.165) is 12.8 Å². The van der Waals surface area contributed by atoms with Crippen LogP contribution in [0.2, 0.25) is 0 Å². The van der Waals surface area contributed by atoms with Crippen LogP contribution in [0.4, 0.5) is 0 Å². The highest BCUT2D eigenvalue weighted by Gasteiger charge is 2.63. The van der Waals surface area contributed by atoms with Crippen molar-refractivity contribution in [3.63, 3.8) is 0 Å². The summed E-state index contributed by atoms with van der Waals surface area (Å²) >= 11 is 0. The number of methoxy groups -OCH3 is 1. The fourth-order valence-corrected chi connectivity index (χ4v) is 7.99. The van der Waals surface area contributed by atoms with Crippen LogP contribution in [0.15, 0.2) is 36.5 Å². The fourth-order valence-electron chi connectivity index (χ4n) is 7.99. The first-order valence-electron chi connectivity index (χ1n) is 14.0. The van der Waals surface area contributed by atoms with E-state index in [4.69, 9.17) is 4.74 Å². The maximum atomic E-state index is 12.1. The van der Waals surface area contributed by atoms with Crippen molar-refractivity contribution in [2.75, 3.05) is 7.11 Å². The van der Waals surface area contributed by atoms with Gasteiger partial charge in [-0.25, -0.2) is 0 Å². The first-order valence-corrected chi connectivity index (χ1v) is 14.0. The lowest BCUT2D eigenvalue weighted by atomic mass is 9.38. The summed E-state index contributed by atoms with van der Waals surface area (Å²) in [4.78, 5) is 12.1. The Balaban J connectivity index is 0.000000523. The number of fused-ring (bicyclic) bond motifs is 3. The molecule has 35 heavy (non-hydrogen) atoms. The van der Waals surface area contributed by atoms with Gasteiger partial charge in [0.15, 0.2) is 0 Å². The van der Waals surface area contributed by atoms with Crippen LogP contribution < -0.4 is 0 Å². The third-order valence-corrected chi connectivity index (χ3v) is 9.81. The molecule has 0 aliphatic heterocycles. The number of allylic oxidation sites excluding steroid dienone is 5. The Bertz CT molecular complexity index is 744. The molecular weight excluding hydrogens is 432 g/mol. The molecule has 202 valence electrons. The van der Waals surface area contributed by atoms with E-state index in [1.54, 1.807) is 6.08 Å². The number of carbonyl (C=O) groups is 1. The van der Waals surface area contributed by atoms with Gasteiger partial charge >= 0.3 is 5.97 Å². The van der Waals surface area contributed by atoms with Gasteiger partial charge in [-0.1, -0.05) is 91.3 Å². The van der Waals surface area contributed by atoms with Crippen LogP contribution in [0, 0.1) is 39.9 Å². The predicted molar refractivity (Wildman–Crippen MR) is 150 cm³/mol. The number of hydrogen-bond donors (Lipinski definition) is 1. The molecule has 0 aromatic rings. The molecule has 3 aliphatic carbocycles. The lowest BCUT2D eigenvalue weighted by molar-refractivity contribution is -0.202. The molecular formula is C32H56O3. The summed E-state index contributed by atoms with van der Waals surface area (Å²) in [6, 6.07) is 0. The molecule has 3 heteroatoms. The minimum Gasteiger partial charge on any atom is -0.469 e. The number of ether oxygens (including phenoxy) is 1. The van der Waals surface area contributed by atoms with Crippen molar-refractivity contribution in [2.24, 2.45) is 39.9 Å². The van der Waals surface area contributed by atoms with E-state index in [-0.39, 0.29) is 28.3 Å². The van der Waals surface area contributed by atoms with E-state index in [1.165, 1.54) is 38.4 Å². The van der Waals surface area contributed by atoms with Crippen molar-refractivity contribution in [1.29, 1.82) is 0 Å². The van der Waals surface area contributed by atoms with Crippen molar-refractivity contribution >= 4 is 5.97 Å². The zero-order valence-electron chi connectivity index (χ0n) is 24.6. The number of hydrogen-bond acceptors (Lipinski definition) is 3. The second-order valence-electron chi connectivity index (χ2n) is 12.3. The Morgan fingerprint density at radius 1 is 0.971 bits per heavy atom. The summed E-state index contributed by atoms with van der Waals surface area (Å²) in [5.74, 6) is 2.19. The van der Waals surface area contributed by atoms with Gasteiger partial charge in [0.2, 0.25) is 0 Å². The van der Waals surface area contributed by atoms with Crippen LogP contribution in [0.5, 0.6) is 0 Å². The van der Waals surface area contributed by atoms with Gasteiger partial charge in [-0.3, -0.25) is 4.79 Å². The summed E-state index contributed by atoms with van der Waals surface area (Å²) < 4.78 is 5.03. The Morgan fingerprint density at radius 3 is 2.11 bits per heavy atom. The molecule has 0 heterocycles.